The lowest BCUT2D eigenvalue weighted by atomic mass is 10.5. The third kappa shape index (κ3) is 3.38. The highest BCUT2D eigenvalue weighted by atomic mass is 31.2. The fourth-order valence-corrected chi connectivity index (χ4v) is 2.30. The molecule has 2 N–H and O–H groups in total. The molecule has 0 saturated heterocycles. The van der Waals surface area contributed by atoms with Crippen molar-refractivity contribution in [1.29, 1.82) is 10.8 Å². The van der Waals surface area contributed by atoms with Gasteiger partial charge in [0.05, 0.1) is 13.2 Å². The van der Waals surface area contributed by atoms with Crippen molar-refractivity contribution < 1.29 is 13.6 Å². The molecule has 0 rings (SSSR count). The maximum Gasteiger partial charge on any atom is 0.344 e. The van der Waals surface area contributed by atoms with Crippen LogP contribution in [0.4, 0.5) is 0 Å². The molecule has 0 aliphatic carbocycles. The zero-order valence-corrected chi connectivity index (χ0v) is 8.71. The Morgan fingerprint density at radius 1 is 1.23 bits per heavy atom. The first-order chi connectivity index (χ1) is 6.14. The molecule has 0 heterocycles. The van der Waals surface area contributed by atoms with Gasteiger partial charge in [0.2, 0.25) is 0 Å². The maximum atomic E-state index is 11.8. The molecule has 76 valence electrons. The van der Waals surface area contributed by atoms with E-state index in [1.165, 1.54) is 0 Å². The monoisotopic (exact) mass is 206 g/mol. The summed E-state index contributed by atoms with van der Waals surface area (Å²) in [6, 6.07) is 0. The topological polar surface area (TPSA) is 83.2 Å². The van der Waals surface area contributed by atoms with Gasteiger partial charge in [0.15, 0.2) is 0 Å². The Kier molecular flexibility index (Phi) is 5.79. The summed E-state index contributed by atoms with van der Waals surface area (Å²) in [6.45, 7) is 3.87. The first-order valence-electron chi connectivity index (χ1n) is 4.04. The molecule has 0 aliphatic heterocycles. The quantitative estimate of drug-likeness (QED) is 0.493. The number of nitrogens with one attached hydrogen (secondary N) is 2. The van der Waals surface area contributed by atoms with E-state index in [1.54, 1.807) is 13.8 Å². The Labute approximate surface area is 78.0 Å². The van der Waals surface area contributed by atoms with Gasteiger partial charge in [-0.05, 0) is 13.8 Å². The molecular formula is C7H15N2O3P. The third-order valence-electron chi connectivity index (χ3n) is 1.32. The summed E-state index contributed by atoms with van der Waals surface area (Å²) in [5.41, 5.74) is -0.868. The minimum Gasteiger partial charge on any atom is -0.312 e. The SMILES string of the molecule is CCOP(=O)(OCC)C(C=N)C=N. The van der Waals surface area contributed by atoms with Crippen LogP contribution in [0.2, 0.25) is 0 Å². The van der Waals surface area contributed by atoms with Crippen molar-refractivity contribution in [3.8, 4) is 0 Å². The van der Waals surface area contributed by atoms with E-state index in [9.17, 15) is 4.57 Å². The molecule has 0 atom stereocenters. The average Bonchev–Trinajstić information content (AvgIpc) is 2.07. The Hall–Kier alpha value is -0.510. The largest absolute Gasteiger partial charge is 0.344 e. The van der Waals surface area contributed by atoms with Gasteiger partial charge >= 0.3 is 7.60 Å². The summed E-state index contributed by atoms with van der Waals surface area (Å²) < 4.78 is 21.7. The molecule has 0 aromatic heterocycles. The van der Waals surface area contributed by atoms with Gasteiger partial charge in [-0.15, -0.1) is 0 Å². The fourth-order valence-electron chi connectivity index (χ4n) is 0.800. The summed E-state index contributed by atoms with van der Waals surface area (Å²) in [5, 5.41) is 13.9. The molecule has 0 radical (unpaired) electrons. The van der Waals surface area contributed by atoms with Gasteiger partial charge in [0, 0.05) is 12.4 Å². The molecule has 13 heavy (non-hydrogen) atoms. The lowest BCUT2D eigenvalue weighted by Gasteiger charge is -2.19. The Bertz CT molecular complexity index is 202. The lowest BCUT2D eigenvalue weighted by Crippen LogP contribution is -2.15. The summed E-state index contributed by atoms with van der Waals surface area (Å²) in [6.07, 6.45) is 1.80. The van der Waals surface area contributed by atoms with Crippen molar-refractivity contribution in [1.82, 2.24) is 0 Å². The molecule has 6 heteroatoms. The zero-order chi connectivity index (χ0) is 10.3. The van der Waals surface area contributed by atoms with E-state index in [0.29, 0.717) is 0 Å². The predicted molar refractivity (Wildman–Crippen MR) is 52.2 cm³/mol. The molecule has 0 fully saturated rings. The minimum atomic E-state index is -3.32. The van der Waals surface area contributed by atoms with Gasteiger partial charge in [-0.3, -0.25) is 4.57 Å². The van der Waals surface area contributed by atoms with E-state index in [2.05, 4.69) is 0 Å². The van der Waals surface area contributed by atoms with Gasteiger partial charge < -0.3 is 19.9 Å². The van der Waals surface area contributed by atoms with Crippen molar-refractivity contribution in [3.05, 3.63) is 0 Å². The van der Waals surface area contributed by atoms with E-state index in [4.69, 9.17) is 19.9 Å². The Balaban J connectivity index is 4.63. The molecule has 0 aromatic carbocycles. The summed E-state index contributed by atoms with van der Waals surface area (Å²) in [7, 11) is -3.32. The van der Waals surface area contributed by atoms with E-state index >= 15 is 0 Å². The zero-order valence-electron chi connectivity index (χ0n) is 7.82. The Morgan fingerprint density at radius 3 is 1.85 bits per heavy atom. The fraction of sp³-hybridized carbons (Fsp3) is 0.714. The van der Waals surface area contributed by atoms with Crippen LogP contribution >= 0.6 is 7.60 Å². The lowest BCUT2D eigenvalue weighted by molar-refractivity contribution is 0.221. The molecule has 0 amide bonds. The van der Waals surface area contributed by atoms with E-state index < -0.39 is 13.3 Å². The van der Waals surface area contributed by atoms with Crippen molar-refractivity contribution in [2.75, 3.05) is 13.2 Å². The van der Waals surface area contributed by atoms with Crippen LogP contribution in [0.25, 0.3) is 0 Å². The van der Waals surface area contributed by atoms with Crippen molar-refractivity contribution in [3.63, 3.8) is 0 Å². The van der Waals surface area contributed by atoms with Crippen molar-refractivity contribution in [2.45, 2.75) is 19.5 Å². The van der Waals surface area contributed by atoms with Crippen LogP contribution in [0.1, 0.15) is 13.8 Å². The van der Waals surface area contributed by atoms with Crippen molar-refractivity contribution >= 4 is 20.0 Å². The summed E-state index contributed by atoms with van der Waals surface area (Å²) in [5.74, 6) is 0. The van der Waals surface area contributed by atoms with Crippen molar-refractivity contribution in [2.24, 2.45) is 0 Å². The molecule has 0 spiro atoms. The first-order valence-corrected chi connectivity index (χ1v) is 5.65. The molecule has 0 bridgehead atoms. The predicted octanol–water partition coefficient (Wildman–Crippen LogP) is 1.92. The Morgan fingerprint density at radius 2 is 1.62 bits per heavy atom. The van der Waals surface area contributed by atoms with Crippen LogP contribution in [0.3, 0.4) is 0 Å². The summed E-state index contributed by atoms with van der Waals surface area (Å²) >= 11 is 0. The van der Waals surface area contributed by atoms with Gasteiger partial charge in [-0.1, -0.05) is 0 Å². The van der Waals surface area contributed by atoms with Gasteiger partial charge in [-0.2, -0.15) is 0 Å². The van der Waals surface area contributed by atoms with Crippen LogP contribution in [-0.2, 0) is 13.6 Å². The number of hydrogen-bond acceptors (Lipinski definition) is 5. The van der Waals surface area contributed by atoms with Crippen LogP contribution in [0.15, 0.2) is 0 Å². The normalized spacial score (nSPS) is 13.7. The smallest absolute Gasteiger partial charge is 0.312 e. The number of rotatable bonds is 7. The molecule has 5 nitrogen and oxygen atoms in total. The first kappa shape index (κ1) is 12.5. The minimum absolute atomic E-state index is 0.245. The van der Waals surface area contributed by atoms with Gasteiger partial charge in [0.1, 0.15) is 5.66 Å². The highest BCUT2D eigenvalue weighted by Gasteiger charge is 2.32. The molecule has 0 saturated carbocycles. The third-order valence-corrected chi connectivity index (χ3v) is 3.59. The number of hydrogen-bond donors (Lipinski definition) is 2. The van der Waals surface area contributed by atoms with Gasteiger partial charge in [-0.25, -0.2) is 0 Å². The van der Waals surface area contributed by atoms with Gasteiger partial charge in [0.25, 0.3) is 0 Å². The molecule has 0 aliphatic rings. The standard InChI is InChI=1S/C7H15N2O3P/c1-3-11-13(10,12-4-2)7(5-8)6-9/h5-9H,3-4H2,1-2H3. The second-order valence-corrected chi connectivity index (χ2v) is 4.39. The molecule has 0 unspecified atom stereocenters. The van der Waals surface area contributed by atoms with Crippen LogP contribution in [0, 0.1) is 10.8 Å². The second-order valence-electron chi connectivity index (χ2n) is 2.20. The average molecular weight is 206 g/mol. The highest BCUT2D eigenvalue weighted by molar-refractivity contribution is 7.56. The highest BCUT2D eigenvalue weighted by Crippen LogP contribution is 2.51. The summed E-state index contributed by atoms with van der Waals surface area (Å²) in [4.78, 5) is 0. The second kappa shape index (κ2) is 6.02. The van der Waals surface area contributed by atoms with E-state index in [-0.39, 0.29) is 13.2 Å². The van der Waals surface area contributed by atoms with E-state index in [0.717, 1.165) is 12.4 Å². The molecule has 0 aromatic rings. The van der Waals surface area contributed by atoms with Crippen LogP contribution in [-0.4, -0.2) is 31.3 Å². The van der Waals surface area contributed by atoms with Crippen LogP contribution < -0.4 is 0 Å². The van der Waals surface area contributed by atoms with Crippen LogP contribution in [0.5, 0.6) is 0 Å². The molecular weight excluding hydrogens is 191 g/mol. The van der Waals surface area contributed by atoms with E-state index in [1.807, 2.05) is 0 Å². The maximum absolute atomic E-state index is 11.8.